The quantitative estimate of drug-likeness (QED) is 0.0371. The third-order valence-electron chi connectivity index (χ3n) is 8.94. The van der Waals surface area contributed by atoms with Gasteiger partial charge in [-0.2, -0.15) is 0 Å². The molecule has 0 amide bonds. The van der Waals surface area contributed by atoms with E-state index in [1.807, 2.05) is 24.3 Å². The molecule has 4 aromatic carbocycles. The van der Waals surface area contributed by atoms with Gasteiger partial charge < -0.3 is 37.0 Å². The Kier molecular flexibility index (Phi) is 22.4. The summed E-state index contributed by atoms with van der Waals surface area (Å²) in [7, 11) is -3.44. The molecule has 0 spiro atoms. The van der Waals surface area contributed by atoms with Gasteiger partial charge in [0, 0.05) is 12.8 Å². The summed E-state index contributed by atoms with van der Waals surface area (Å²) in [5.41, 5.74) is 2.99. The molecule has 0 heterocycles. The van der Waals surface area contributed by atoms with E-state index in [9.17, 15) is 37.1 Å². The maximum absolute atomic E-state index is 14.2. The number of rotatable bonds is 24. The molecule has 0 aliphatic heterocycles. The van der Waals surface area contributed by atoms with Gasteiger partial charge >= 0.3 is 39.1 Å². The molecular formula is C44H52F2O14P2. The Morgan fingerprint density at radius 2 is 0.645 bits per heavy atom. The van der Waals surface area contributed by atoms with Gasteiger partial charge in [0.15, 0.2) is 12.3 Å². The van der Waals surface area contributed by atoms with E-state index < -0.39 is 88.4 Å². The first-order chi connectivity index (χ1) is 29.7. The van der Waals surface area contributed by atoms with Crippen molar-refractivity contribution < 1.29 is 74.1 Å². The molecule has 0 radical (unpaired) electrons. The van der Waals surface area contributed by atoms with Gasteiger partial charge in [-0.15, -0.1) is 0 Å². The standard InChI is InChI=1S/2C22H26FO7P/c2*1-27-21(24)19(13-20(23)22(25)28-2)16-31(26,29-14-17-9-5-3-6-10-17)30-15-18-11-7-4-8-12-18/h2*3-12,19-20H,13-16H2,1-2H3/t19-,20+;19-,20-/m01/s1. The number of esters is 4. The number of carbonyl (C=O) groups is 4. The summed E-state index contributed by atoms with van der Waals surface area (Å²) >= 11 is 0. The summed E-state index contributed by atoms with van der Waals surface area (Å²) in [4.78, 5) is 47.4. The molecular weight excluding hydrogens is 852 g/mol. The first-order valence-electron chi connectivity index (χ1n) is 19.2. The van der Waals surface area contributed by atoms with Crippen LogP contribution in [0.15, 0.2) is 121 Å². The topological polar surface area (TPSA) is 176 Å². The fourth-order valence-corrected chi connectivity index (χ4v) is 9.22. The summed E-state index contributed by atoms with van der Waals surface area (Å²) in [6.45, 7) is -0.124. The summed E-state index contributed by atoms with van der Waals surface area (Å²) in [5.74, 6) is -6.34. The Morgan fingerprint density at radius 3 is 0.855 bits per heavy atom. The third kappa shape index (κ3) is 18.5. The van der Waals surface area contributed by atoms with Gasteiger partial charge in [0.2, 0.25) is 0 Å². The molecule has 0 unspecified atom stereocenters. The summed E-state index contributed by atoms with van der Waals surface area (Å²) in [6, 6.07) is 36.0. The molecule has 0 aliphatic rings. The Labute approximate surface area is 360 Å². The number of halogens is 2. The highest BCUT2D eigenvalue weighted by Crippen LogP contribution is 2.53. The number of hydrogen-bond donors (Lipinski definition) is 0. The molecule has 0 bridgehead atoms. The van der Waals surface area contributed by atoms with E-state index in [0.29, 0.717) is 0 Å². The summed E-state index contributed by atoms with van der Waals surface area (Å²) in [5, 5.41) is 0. The van der Waals surface area contributed by atoms with Crippen molar-refractivity contribution in [1.82, 2.24) is 0 Å². The second-order valence-corrected chi connectivity index (χ2v) is 17.7. The highest BCUT2D eigenvalue weighted by Gasteiger charge is 2.39. The number of methoxy groups -OCH3 is 4. The molecule has 336 valence electrons. The second-order valence-electron chi connectivity index (χ2n) is 13.5. The van der Waals surface area contributed by atoms with Crippen LogP contribution in [0.5, 0.6) is 0 Å². The van der Waals surface area contributed by atoms with Crippen LogP contribution in [0.25, 0.3) is 0 Å². The first-order valence-corrected chi connectivity index (χ1v) is 22.7. The first kappa shape index (κ1) is 51.3. The molecule has 62 heavy (non-hydrogen) atoms. The molecule has 14 nitrogen and oxygen atoms in total. The lowest BCUT2D eigenvalue weighted by molar-refractivity contribution is -0.151. The lowest BCUT2D eigenvalue weighted by Crippen LogP contribution is -2.28. The molecule has 0 fully saturated rings. The van der Waals surface area contributed by atoms with E-state index in [1.54, 1.807) is 97.1 Å². The fraction of sp³-hybridized carbons (Fsp3) is 0.364. The zero-order valence-electron chi connectivity index (χ0n) is 34.9. The molecule has 0 saturated carbocycles. The number of hydrogen-bond acceptors (Lipinski definition) is 14. The third-order valence-corrected chi connectivity index (χ3v) is 12.8. The predicted octanol–water partition coefficient (Wildman–Crippen LogP) is 8.61. The Balaban J connectivity index is 0.000000330. The molecule has 0 aromatic heterocycles. The number of ether oxygens (including phenoxy) is 4. The smallest absolute Gasteiger partial charge is 0.340 e. The molecule has 18 heteroatoms. The monoisotopic (exact) mass is 904 g/mol. The lowest BCUT2D eigenvalue weighted by atomic mass is 10.0. The van der Waals surface area contributed by atoms with E-state index in [2.05, 4.69) is 9.47 Å². The SMILES string of the molecule is COC(=O)[C@@H](C[C@@H](F)C(=O)OC)CP(=O)(OCc1ccccc1)OCc1ccccc1.COC(=O)[C@H](C[C@@H](F)C(=O)OC)CP(=O)(OCc1ccccc1)OCc1ccccc1. The van der Waals surface area contributed by atoms with Crippen LogP contribution in [0.1, 0.15) is 35.1 Å². The number of alkyl halides is 2. The van der Waals surface area contributed by atoms with Crippen molar-refractivity contribution in [3.05, 3.63) is 144 Å². The molecule has 0 saturated heterocycles. The van der Waals surface area contributed by atoms with Crippen molar-refractivity contribution in [2.45, 2.75) is 51.6 Å². The van der Waals surface area contributed by atoms with Crippen LogP contribution in [0.4, 0.5) is 8.78 Å². The van der Waals surface area contributed by atoms with Gasteiger partial charge in [-0.05, 0) is 22.3 Å². The van der Waals surface area contributed by atoms with Gasteiger partial charge in [0.1, 0.15) is 0 Å². The highest BCUT2D eigenvalue weighted by molar-refractivity contribution is 7.54. The normalized spacial score (nSPS) is 13.3. The molecule has 0 N–H and O–H groups in total. The van der Waals surface area contributed by atoms with Crippen LogP contribution in [-0.4, -0.2) is 77.0 Å². The van der Waals surface area contributed by atoms with Crippen LogP contribution in [0, 0.1) is 11.8 Å². The van der Waals surface area contributed by atoms with E-state index in [0.717, 1.165) is 50.7 Å². The van der Waals surface area contributed by atoms with Gasteiger partial charge in [0.25, 0.3) is 0 Å². The van der Waals surface area contributed by atoms with E-state index in [1.165, 1.54) is 0 Å². The minimum absolute atomic E-state index is 0.0309. The maximum Gasteiger partial charge on any atom is 0.340 e. The van der Waals surface area contributed by atoms with Crippen LogP contribution < -0.4 is 0 Å². The lowest BCUT2D eigenvalue weighted by Gasteiger charge is -2.23. The van der Waals surface area contributed by atoms with Crippen molar-refractivity contribution in [1.29, 1.82) is 0 Å². The largest absolute Gasteiger partial charge is 0.469 e. The maximum atomic E-state index is 14.2. The van der Waals surface area contributed by atoms with Crippen molar-refractivity contribution in [3.63, 3.8) is 0 Å². The highest BCUT2D eigenvalue weighted by atomic mass is 31.2. The summed E-state index contributed by atoms with van der Waals surface area (Å²) in [6.07, 6.45) is -6.18. The van der Waals surface area contributed by atoms with Gasteiger partial charge in [0.05, 0.1) is 79.0 Å². The predicted molar refractivity (Wildman–Crippen MR) is 224 cm³/mol. The van der Waals surface area contributed by atoms with E-state index >= 15 is 0 Å². The van der Waals surface area contributed by atoms with E-state index in [4.69, 9.17) is 27.6 Å². The van der Waals surface area contributed by atoms with Crippen molar-refractivity contribution in [3.8, 4) is 0 Å². The zero-order valence-corrected chi connectivity index (χ0v) is 36.7. The molecule has 0 aliphatic carbocycles. The van der Waals surface area contributed by atoms with Crippen LogP contribution >= 0.6 is 15.2 Å². The van der Waals surface area contributed by atoms with Crippen molar-refractivity contribution in [2.75, 3.05) is 40.8 Å². The van der Waals surface area contributed by atoms with Crippen LogP contribution in [-0.2, 0) is 91.8 Å². The average molecular weight is 905 g/mol. The van der Waals surface area contributed by atoms with E-state index in [-0.39, 0.29) is 26.4 Å². The van der Waals surface area contributed by atoms with Gasteiger partial charge in [-0.3, -0.25) is 18.7 Å². The van der Waals surface area contributed by atoms with Crippen molar-refractivity contribution >= 4 is 39.1 Å². The molecule has 4 rings (SSSR count). The Bertz CT molecular complexity index is 1800. The Morgan fingerprint density at radius 1 is 0.419 bits per heavy atom. The van der Waals surface area contributed by atoms with Gasteiger partial charge in [-0.25, -0.2) is 18.4 Å². The number of benzene rings is 4. The minimum atomic E-state index is -3.89. The minimum Gasteiger partial charge on any atom is -0.469 e. The van der Waals surface area contributed by atoms with Crippen LogP contribution in [0.2, 0.25) is 0 Å². The molecule has 4 atom stereocenters. The number of carbonyl (C=O) groups excluding carboxylic acids is 4. The zero-order chi connectivity index (χ0) is 45.4. The second kappa shape index (κ2) is 27.1. The molecule has 4 aromatic rings. The average Bonchev–Trinajstić information content (AvgIpc) is 3.31. The van der Waals surface area contributed by atoms with Crippen molar-refractivity contribution in [2.24, 2.45) is 11.8 Å². The summed E-state index contributed by atoms with van der Waals surface area (Å²) < 4.78 is 96.0. The van der Waals surface area contributed by atoms with Gasteiger partial charge in [-0.1, -0.05) is 121 Å². The fourth-order valence-electron chi connectivity index (χ4n) is 5.59. The Hall–Kier alpha value is -5.08. The van der Waals surface area contributed by atoms with Crippen LogP contribution in [0.3, 0.4) is 0 Å².